The molecular formula is C15H22N2O2S. The second-order valence-corrected chi connectivity index (χ2v) is 5.64. The van der Waals surface area contributed by atoms with Gasteiger partial charge in [0.15, 0.2) is 0 Å². The molecule has 5 heteroatoms. The summed E-state index contributed by atoms with van der Waals surface area (Å²) in [5.74, 6) is 1.16. The number of nitrogens with zero attached hydrogens (tertiary/aromatic N) is 1. The third-order valence-electron chi connectivity index (χ3n) is 3.68. The van der Waals surface area contributed by atoms with Crippen LogP contribution in [0.15, 0.2) is 24.3 Å². The van der Waals surface area contributed by atoms with Crippen molar-refractivity contribution in [3.63, 3.8) is 0 Å². The Morgan fingerprint density at radius 3 is 3.00 bits per heavy atom. The minimum absolute atomic E-state index is 0.279. The van der Waals surface area contributed by atoms with Gasteiger partial charge in [0, 0.05) is 19.7 Å². The van der Waals surface area contributed by atoms with Gasteiger partial charge >= 0.3 is 0 Å². The summed E-state index contributed by atoms with van der Waals surface area (Å²) in [6.45, 7) is 3.79. The molecule has 1 aromatic carbocycles. The molecule has 0 aliphatic carbocycles. The summed E-state index contributed by atoms with van der Waals surface area (Å²) >= 11 is 5.02. The van der Waals surface area contributed by atoms with Gasteiger partial charge in [0.05, 0.1) is 5.56 Å². The van der Waals surface area contributed by atoms with E-state index in [0.29, 0.717) is 17.5 Å². The zero-order valence-corrected chi connectivity index (χ0v) is 12.4. The van der Waals surface area contributed by atoms with Crippen LogP contribution in [0.1, 0.15) is 18.4 Å². The molecule has 1 aliphatic rings. The molecule has 110 valence electrons. The summed E-state index contributed by atoms with van der Waals surface area (Å²) in [4.78, 5) is 2.70. The van der Waals surface area contributed by atoms with Gasteiger partial charge in [0.25, 0.3) is 0 Å². The van der Waals surface area contributed by atoms with Crippen LogP contribution in [-0.2, 0) is 0 Å². The number of likely N-dealkylation sites (tertiary alicyclic amines) is 1. The van der Waals surface area contributed by atoms with Gasteiger partial charge in [-0.1, -0.05) is 24.4 Å². The van der Waals surface area contributed by atoms with Crippen molar-refractivity contribution in [1.29, 1.82) is 0 Å². The molecule has 1 aliphatic heterocycles. The van der Waals surface area contributed by atoms with E-state index in [9.17, 15) is 5.11 Å². The smallest absolute Gasteiger partial charge is 0.129 e. The second kappa shape index (κ2) is 7.57. The molecule has 1 aromatic rings. The van der Waals surface area contributed by atoms with Gasteiger partial charge in [0.1, 0.15) is 17.3 Å². The van der Waals surface area contributed by atoms with Gasteiger partial charge in [-0.2, -0.15) is 0 Å². The van der Waals surface area contributed by atoms with Gasteiger partial charge in [-0.25, -0.2) is 0 Å². The molecule has 2 rings (SSSR count). The second-order valence-electron chi connectivity index (χ2n) is 5.20. The van der Waals surface area contributed by atoms with Gasteiger partial charge in [-0.15, -0.1) is 0 Å². The van der Waals surface area contributed by atoms with Crippen molar-refractivity contribution in [1.82, 2.24) is 4.90 Å². The number of aliphatic hydroxyl groups excluding tert-OH is 1. The molecule has 20 heavy (non-hydrogen) atoms. The molecule has 0 bridgehead atoms. The number of para-hydroxylation sites is 1. The average molecular weight is 294 g/mol. The topological polar surface area (TPSA) is 58.7 Å². The number of nitrogens with two attached hydrogens (primary N) is 1. The molecule has 0 amide bonds. The van der Waals surface area contributed by atoms with E-state index in [-0.39, 0.29) is 6.61 Å². The Hall–Kier alpha value is -1.17. The molecule has 3 N–H and O–H groups in total. The fourth-order valence-corrected chi connectivity index (χ4v) is 2.75. The zero-order chi connectivity index (χ0) is 14.4. The predicted molar refractivity (Wildman–Crippen MR) is 84.1 cm³/mol. The lowest BCUT2D eigenvalue weighted by Crippen LogP contribution is -2.39. The van der Waals surface area contributed by atoms with E-state index in [4.69, 9.17) is 22.7 Å². The summed E-state index contributed by atoms with van der Waals surface area (Å²) < 4.78 is 5.80. The van der Waals surface area contributed by atoms with Gasteiger partial charge in [-0.3, -0.25) is 4.90 Å². The first-order valence-corrected chi connectivity index (χ1v) is 7.46. The number of rotatable bonds is 6. The van der Waals surface area contributed by atoms with E-state index in [1.165, 1.54) is 0 Å². The molecule has 1 heterocycles. The molecule has 1 unspecified atom stereocenters. The van der Waals surface area contributed by atoms with Crippen molar-refractivity contribution in [3.05, 3.63) is 29.8 Å². The molecule has 0 spiro atoms. The maximum atomic E-state index is 9.22. The van der Waals surface area contributed by atoms with Crippen LogP contribution in [0.25, 0.3) is 0 Å². The number of hydrogen-bond donors (Lipinski definition) is 2. The highest BCUT2D eigenvalue weighted by atomic mass is 32.1. The summed E-state index contributed by atoms with van der Waals surface area (Å²) in [5, 5.41) is 9.22. The minimum Gasteiger partial charge on any atom is -0.492 e. The highest BCUT2D eigenvalue weighted by Crippen LogP contribution is 2.18. The molecular weight excluding hydrogens is 272 g/mol. The fraction of sp³-hybridized carbons (Fsp3) is 0.533. The van der Waals surface area contributed by atoms with Gasteiger partial charge in [-0.05, 0) is 37.4 Å². The third-order valence-corrected chi connectivity index (χ3v) is 3.90. The standard InChI is InChI=1S/C15H22N2O2S/c16-15(20)13-5-1-2-6-14(13)19-9-8-17-7-3-4-12(10-17)11-18/h1-2,5-6,12,18H,3-4,7-11H2,(H2,16,20). The first kappa shape index (κ1) is 15.2. The van der Waals surface area contributed by atoms with Crippen LogP contribution in [-0.4, -0.2) is 47.8 Å². The first-order chi connectivity index (χ1) is 9.70. The van der Waals surface area contributed by atoms with E-state index >= 15 is 0 Å². The highest BCUT2D eigenvalue weighted by molar-refractivity contribution is 7.80. The van der Waals surface area contributed by atoms with Crippen LogP contribution in [0, 0.1) is 5.92 Å². The average Bonchev–Trinajstić information content (AvgIpc) is 2.48. The number of hydrogen-bond acceptors (Lipinski definition) is 4. The number of thiocarbonyl (C=S) groups is 1. The Bertz CT molecular complexity index is 453. The largest absolute Gasteiger partial charge is 0.492 e. The van der Waals surface area contributed by atoms with E-state index in [0.717, 1.165) is 43.8 Å². The first-order valence-electron chi connectivity index (χ1n) is 7.05. The van der Waals surface area contributed by atoms with Crippen molar-refractivity contribution in [2.24, 2.45) is 11.7 Å². The van der Waals surface area contributed by atoms with Crippen molar-refractivity contribution >= 4 is 17.2 Å². The monoisotopic (exact) mass is 294 g/mol. The van der Waals surface area contributed by atoms with Crippen LogP contribution in [0.3, 0.4) is 0 Å². The Balaban J connectivity index is 1.82. The lowest BCUT2D eigenvalue weighted by Gasteiger charge is -2.31. The highest BCUT2D eigenvalue weighted by Gasteiger charge is 2.18. The van der Waals surface area contributed by atoms with E-state index in [1.54, 1.807) is 0 Å². The van der Waals surface area contributed by atoms with E-state index < -0.39 is 0 Å². The summed E-state index contributed by atoms with van der Waals surface area (Å²) in [7, 11) is 0. The van der Waals surface area contributed by atoms with Crippen molar-refractivity contribution in [2.45, 2.75) is 12.8 Å². The maximum absolute atomic E-state index is 9.22. The number of benzene rings is 1. The lowest BCUT2D eigenvalue weighted by atomic mass is 9.99. The van der Waals surface area contributed by atoms with Crippen molar-refractivity contribution < 1.29 is 9.84 Å². The Kier molecular flexibility index (Phi) is 5.76. The fourth-order valence-electron chi connectivity index (χ4n) is 2.58. The molecule has 1 fully saturated rings. The van der Waals surface area contributed by atoms with Crippen molar-refractivity contribution in [3.8, 4) is 5.75 Å². The lowest BCUT2D eigenvalue weighted by molar-refractivity contribution is 0.107. The van der Waals surface area contributed by atoms with Crippen LogP contribution in [0.4, 0.5) is 0 Å². The van der Waals surface area contributed by atoms with Crippen molar-refractivity contribution in [2.75, 3.05) is 32.8 Å². The van der Waals surface area contributed by atoms with Crippen LogP contribution >= 0.6 is 12.2 Å². The summed E-state index contributed by atoms with van der Waals surface area (Å²) in [5.41, 5.74) is 6.47. The Labute approximate surface area is 125 Å². The molecule has 0 saturated carbocycles. The molecule has 1 atom stereocenters. The predicted octanol–water partition coefficient (Wildman–Crippen LogP) is 1.40. The third kappa shape index (κ3) is 4.16. The Morgan fingerprint density at radius 2 is 2.25 bits per heavy atom. The van der Waals surface area contributed by atoms with Gasteiger partial charge in [0.2, 0.25) is 0 Å². The van der Waals surface area contributed by atoms with Crippen LogP contribution in [0.5, 0.6) is 5.75 Å². The Morgan fingerprint density at radius 1 is 1.45 bits per heavy atom. The zero-order valence-electron chi connectivity index (χ0n) is 11.6. The normalized spacial score (nSPS) is 19.8. The van der Waals surface area contributed by atoms with Crippen LogP contribution < -0.4 is 10.5 Å². The molecule has 4 nitrogen and oxygen atoms in total. The van der Waals surface area contributed by atoms with E-state index in [1.807, 2.05) is 24.3 Å². The number of piperidine rings is 1. The SMILES string of the molecule is NC(=S)c1ccccc1OCCN1CCCC(CO)C1. The number of aliphatic hydroxyl groups is 1. The summed E-state index contributed by atoms with van der Waals surface area (Å²) in [6.07, 6.45) is 2.27. The molecule has 0 aromatic heterocycles. The molecule has 1 saturated heterocycles. The quantitative estimate of drug-likeness (QED) is 0.777. The molecule has 0 radical (unpaired) electrons. The summed E-state index contributed by atoms with van der Waals surface area (Å²) in [6, 6.07) is 7.58. The minimum atomic E-state index is 0.279. The van der Waals surface area contributed by atoms with Gasteiger partial charge < -0.3 is 15.6 Å². The van der Waals surface area contributed by atoms with E-state index in [2.05, 4.69) is 4.90 Å². The number of ether oxygens (including phenoxy) is 1. The van der Waals surface area contributed by atoms with Crippen LogP contribution in [0.2, 0.25) is 0 Å². The maximum Gasteiger partial charge on any atom is 0.129 e.